The molecule has 0 unspecified atom stereocenters. The van der Waals surface area contributed by atoms with Crippen molar-refractivity contribution in [3.05, 3.63) is 35.4 Å². The van der Waals surface area contributed by atoms with Gasteiger partial charge in [0.15, 0.2) is 0 Å². The van der Waals surface area contributed by atoms with E-state index < -0.39 is 6.43 Å². The van der Waals surface area contributed by atoms with Crippen molar-refractivity contribution in [2.24, 2.45) is 17.8 Å². The minimum Gasteiger partial charge on any atom is -0.312 e. The molecule has 0 radical (unpaired) electrons. The van der Waals surface area contributed by atoms with Gasteiger partial charge in [-0.25, -0.2) is 8.78 Å². The van der Waals surface area contributed by atoms with Gasteiger partial charge in [0.1, 0.15) is 0 Å². The maximum Gasteiger partial charge on any atom is 0.263 e. The second-order valence-corrected chi connectivity index (χ2v) is 6.01. The Bertz CT molecular complexity index is 395. The summed E-state index contributed by atoms with van der Waals surface area (Å²) in [5, 5.41) is 3.51. The van der Waals surface area contributed by atoms with E-state index in [2.05, 4.69) is 5.32 Å². The fraction of sp³-hybridized carbons (Fsp3) is 0.625. The van der Waals surface area contributed by atoms with Crippen LogP contribution in [0.3, 0.4) is 0 Å². The van der Waals surface area contributed by atoms with Gasteiger partial charge in [0.2, 0.25) is 0 Å². The molecule has 19 heavy (non-hydrogen) atoms. The van der Waals surface area contributed by atoms with Gasteiger partial charge in [0.25, 0.3) is 6.43 Å². The molecular weight excluding hydrogens is 244 g/mol. The zero-order valence-corrected chi connectivity index (χ0v) is 11.1. The first kappa shape index (κ1) is 13.0. The predicted octanol–water partition coefficient (Wildman–Crippen LogP) is 4.15. The first-order valence-electron chi connectivity index (χ1n) is 7.32. The summed E-state index contributed by atoms with van der Waals surface area (Å²) in [6, 6.07) is 6.66. The molecule has 1 aromatic rings. The van der Waals surface area contributed by atoms with Gasteiger partial charge < -0.3 is 5.32 Å². The minimum absolute atomic E-state index is 0.109. The number of nitrogens with one attached hydrogen (secondary N) is 1. The van der Waals surface area contributed by atoms with E-state index in [-0.39, 0.29) is 5.56 Å². The first-order valence-corrected chi connectivity index (χ1v) is 7.32. The van der Waals surface area contributed by atoms with Gasteiger partial charge in [-0.3, -0.25) is 0 Å². The molecule has 2 aliphatic rings. The highest BCUT2D eigenvalue weighted by molar-refractivity contribution is 5.23. The lowest BCUT2D eigenvalue weighted by Crippen LogP contribution is -2.25. The van der Waals surface area contributed by atoms with Crippen molar-refractivity contribution in [2.75, 3.05) is 6.54 Å². The smallest absolute Gasteiger partial charge is 0.263 e. The highest BCUT2D eigenvalue weighted by Crippen LogP contribution is 2.48. The number of hydrogen-bond acceptors (Lipinski definition) is 1. The summed E-state index contributed by atoms with van der Waals surface area (Å²) in [6.07, 6.45) is 3.27. The third kappa shape index (κ3) is 3.53. The topological polar surface area (TPSA) is 12.0 Å². The molecule has 1 nitrogen and oxygen atoms in total. The minimum atomic E-state index is -2.36. The van der Waals surface area contributed by atoms with Gasteiger partial charge in [-0.2, -0.15) is 0 Å². The Balaban J connectivity index is 1.46. The number of rotatable bonds is 7. The van der Waals surface area contributed by atoms with Crippen molar-refractivity contribution in [1.82, 2.24) is 5.32 Å². The van der Waals surface area contributed by atoms with Crippen LogP contribution < -0.4 is 5.32 Å². The predicted molar refractivity (Wildman–Crippen MR) is 72.0 cm³/mol. The molecule has 0 amide bonds. The van der Waals surface area contributed by atoms with Crippen LogP contribution in [-0.2, 0) is 6.54 Å². The third-order valence-electron chi connectivity index (χ3n) is 4.40. The van der Waals surface area contributed by atoms with Crippen LogP contribution in [0.4, 0.5) is 8.78 Å². The van der Waals surface area contributed by atoms with E-state index in [0.29, 0.717) is 0 Å². The standard InChI is InChI=1S/C16H21F2N/c17-16(18)14-3-1-11(2-4-14)9-19-10-15(12-5-6-12)13-7-8-13/h1-4,12-13,15-16,19H,5-10H2. The van der Waals surface area contributed by atoms with Crippen LogP contribution in [0, 0.1) is 17.8 Å². The lowest BCUT2D eigenvalue weighted by molar-refractivity contribution is 0.151. The highest BCUT2D eigenvalue weighted by atomic mass is 19.3. The van der Waals surface area contributed by atoms with E-state index >= 15 is 0 Å². The molecule has 2 aliphatic carbocycles. The van der Waals surface area contributed by atoms with Crippen LogP contribution >= 0.6 is 0 Å². The van der Waals surface area contributed by atoms with Crippen molar-refractivity contribution in [2.45, 2.75) is 38.7 Å². The van der Waals surface area contributed by atoms with E-state index in [1.54, 1.807) is 12.1 Å². The number of halogens is 2. The average Bonchev–Trinajstić information content (AvgIpc) is 3.28. The van der Waals surface area contributed by atoms with E-state index in [0.717, 1.165) is 36.4 Å². The van der Waals surface area contributed by atoms with Crippen molar-refractivity contribution in [3.8, 4) is 0 Å². The monoisotopic (exact) mass is 265 g/mol. The number of alkyl halides is 2. The Kier molecular flexibility index (Phi) is 3.83. The molecule has 0 aliphatic heterocycles. The van der Waals surface area contributed by atoms with Gasteiger partial charge in [-0.05, 0) is 55.5 Å². The van der Waals surface area contributed by atoms with Crippen LogP contribution in [0.5, 0.6) is 0 Å². The highest BCUT2D eigenvalue weighted by Gasteiger charge is 2.40. The molecule has 2 saturated carbocycles. The number of hydrogen-bond donors (Lipinski definition) is 1. The maximum atomic E-state index is 12.4. The summed E-state index contributed by atoms with van der Waals surface area (Å²) in [7, 11) is 0. The maximum absolute atomic E-state index is 12.4. The van der Waals surface area contributed by atoms with Crippen LogP contribution in [0.2, 0.25) is 0 Å². The summed E-state index contributed by atoms with van der Waals surface area (Å²) >= 11 is 0. The van der Waals surface area contributed by atoms with Crippen LogP contribution in [0.1, 0.15) is 43.2 Å². The Morgan fingerprint density at radius 1 is 1.00 bits per heavy atom. The molecule has 0 aromatic heterocycles. The molecule has 1 aromatic carbocycles. The van der Waals surface area contributed by atoms with Gasteiger partial charge in [0.05, 0.1) is 0 Å². The summed E-state index contributed by atoms with van der Waals surface area (Å²) in [5.41, 5.74) is 1.20. The zero-order chi connectivity index (χ0) is 13.2. The molecule has 0 heterocycles. The Morgan fingerprint density at radius 3 is 2.05 bits per heavy atom. The van der Waals surface area contributed by atoms with Gasteiger partial charge >= 0.3 is 0 Å². The number of benzene rings is 1. The van der Waals surface area contributed by atoms with Crippen molar-refractivity contribution >= 4 is 0 Å². The fourth-order valence-electron chi connectivity index (χ4n) is 2.93. The first-order chi connectivity index (χ1) is 9.24. The fourth-order valence-corrected chi connectivity index (χ4v) is 2.93. The molecule has 0 saturated heterocycles. The summed E-state index contributed by atoms with van der Waals surface area (Å²) in [6.45, 7) is 1.88. The van der Waals surface area contributed by atoms with Crippen LogP contribution in [0.15, 0.2) is 24.3 Å². The molecule has 0 bridgehead atoms. The van der Waals surface area contributed by atoms with E-state index in [9.17, 15) is 8.78 Å². The lowest BCUT2D eigenvalue weighted by atomic mass is 9.98. The quantitative estimate of drug-likeness (QED) is 0.781. The van der Waals surface area contributed by atoms with Crippen molar-refractivity contribution < 1.29 is 8.78 Å². The van der Waals surface area contributed by atoms with Gasteiger partial charge in [-0.1, -0.05) is 24.3 Å². The van der Waals surface area contributed by atoms with Gasteiger partial charge in [0, 0.05) is 12.1 Å². The molecule has 0 atom stereocenters. The molecule has 3 rings (SSSR count). The summed E-state index contributed by atoms with van der Waals surface area (Å²) in [5.74, 6) is 2.78. The lowest BCUT2D eigenvalue weighted by Gasteiger charge is -2.16. The second kappa shape index (κ2) is 5.58. The van der Waals surface area contributed by atoms with Gasteiger partial charge in [-0.15, -0.1) is 0 Å². The van der Waals surface area contributed by atoms with Crippen molar-refractivity contribution in [1.29, 1.82) is 0 Å². The van der Waals surface area contributed by atoms with Crippen molar-refractivity contribution in [3.63, 3.8) is 0 Å². The Morgan fingerprint density at radius 2 is 1.58 bits per heavy atom. The molecule has 3 heteroatoms. The third-order valence-corrected chi connectivity index (χ3v) is 4.40. The summed E-state index contributed by atoms with van der Waals surface area (Å²) < 4.78 is 24.9. The largest absolute Gasteiger partial charge is 0.312 e. The molecule has 1 N–H and O–H groups in total. The van der Waals surface area contributed by atoms with Crippen LogP contribution in [0.25, 0.3) is 0 Å². The van der Waals surface area contributed by atoms with Crippen LogP contribution in [-0.4, -0.2) is 6.54 Å². The van der Waals surface area contributed by atoms with E-state index in [1.807, 2.05) is 0 Å². The molecule has 2 fully saturated rings. The zero-order valence-electron chi connectivity index (χ0n) is 11.1. The van der Waals surface area contributed by atoms with E-state index in [4.69, 9.17) is 0 Å². The SMILES string of the molecule is FC(F)c1ccc(CNCC(C2CC2)C2CC2)cc1. The molecule has 104 valence electrons. The Hall–Kier alpha value is -0.960. The molecular formula is C16H21F2N. The van der Waals surface area contributed by atoms with E-state index in [1.165, 1.54) is 37.8 Å². The second-order valence-electron chi connectivity index (χ2n) is 6.01. The molecule has 0 spiro atoms. The normalized spacial score (nSPS) is 19.4. The Labute approximate surface area is 113 Å². The summed E-state index contributed by atoms with van der Waals surface area (Å²) in [4.78, 5) is 0. The average molecular weight is 265 g/mol.